The van der Waals surface area contributed by atoms with Crippen molar-refractivity contribution in [1.29, 1.82) is 0 Å². The zero-order chi connectivity index (χ0) is 18.3. The van der Waals surface area contributed by atoms with Gasteiger partial charge in [-0.25, -0.2) is 0 Å². The minimum absolute atomic E-state index is 0.234. The summed E-state index contributed by atoms with van der Waals surface area (Å²) in [6.07, 6.45) is 8.13. The van der Waals surface area contributed by atoms with Crippen molar-refractivity contribution in [2.45, 2.75) is 76.4 Å². The Hall–Kier alpha value is -1.59. The van der Waals surface area contributed by atoms with Crippen LogP contribution in [-0.2, 0) is 22.5 Å². The Morgan fingerprint density at radius 3 is 2.74 bits per heavy atom. The SMILES string of the molecule is CC1CN=C(CCc2ccc3c(c2)COC2(CCN(C4CCC4)CC2)O3)O1. The summed E-state index contributed by atoms with van der Waals surface area (Å²) in [6.45, 7) is 5.70. The summed E-state index contributed by atoms with van der Waals surface area (Å²) in [6, 6.07) is 7.36. The van der Waals surface area contributed by atoms with Crippen molar-refractivity contribution in [2.75, 3.05) is 19.6 Å². The van der Waals surface area contributed by atoms with E-state index >= 15 is 0 Å². The number of piperidine rings is 1. The first-order valence-corrected chi connectivity index (χ1v) is 10.6. The van der Waals surface area contributed by atoms with E-state index in [1.807, 2.05) is 0 Å². The van der Waals surface area contributed by atoms with Gasteiger partial charge in [-0.1, -0.05) is 12.5 Å². The number of benzene rings is 1. The largest absolute Gasteiger partial charge is 0.476 e. The smallest absolute Gasteiger partial charge is 0.213 e. The molecule has 1 aromatic carbocycles. The van der Waals surface area contributed by atoms with Crippen molar-refractivity contribution in [3.8, 4) is 5.75 Å². The molecule has 146 valence electrons. The van der Waals surface area contributed by atoms with Crippen LogP contribution in [0, 0.1) is 0 Å². The molecule has 4 aliphatic rings. The molecule has 5 nitrogen and oxygen atoms in total. The van der Waals surface area contributed by atoms with Gasteiger partial charge in [-0.15, -0.1) is 0 Å². The first-order chi connectivity index (χ1) is 13.2. The fourth-order valence-electron chi connectivity index (χ4n) is 4.59. The third-order valence-electron chi connectivity index (χ3n) is 6.55. The highest BCUT2D eigenvalue weighted by molar-refractivity contribution is 5.77. The highest BCUT2D eigenvalue weighted by atomic mass is 16.7. The van der Waals surface area contributed by atoms with Crippen LogP contribution in [0.2, 0.25) is 0 Å². The van der Waals surface area contributed by atoms with Crippen LogP contribution < -0.4 is 4.74 Å². The zero-order valence-corrected chi connectivity index (χ0v) is 16.3. The molecule has 3 heterocycles. The molecule has 1 spiro atoms. The number of hydrogen-bond acceptors (Lipinski definition) is 5. The summed E-state index contributed by atoms with van der Waals surface area (Å²) >= 11 is 0. The molecule has 1 aromatic rings. The molecule has 0 radical (unpaired) electrons. The van der Waals surface area contributed by atoms with Crippen molar-refractivity contribution in [1.82, 2.24) is 4.90 Å². The van der Waals surface area contributed by atoms with Crippen molar-refractivity contribution in [3.63, 3.8) is 0 Å². The van der Waals surface area contributed by atoms with Crippen molar-refractivity contribution >= 4 is 5.90 Å². The molecular formula is C22H30N2O3. The van der Waals surface area contributed by atoms with Gasteiger partial charge in [0.2, 0.25) is 5.79 Å². The normalized spacial score (nSPS) is 27.4. The van der Waals surface area contributed by atoms with Crippen LogP contribution in [0.3, 0.4) is 0 Å². The molecular weight excluding hydrogens is 340 g/mol. The molecule has 5 rings (SSSR count). The van der Waals surface area contributed by atoms with E-state index in [-0.39, 0.29) is 6.10 Å². The fourth-order valence-corrected chi connectivity index (χ4v) is 4.59. The predicted molar refractivity (Wildman–Crippen MR) is 104 cm³/mol. The van der Waals surface area contributed by atoms with Crippen LogP contribution in [0.15, 0.2) is 23.2 Å². The maximum absolute atomic E-state index is 6.39. The number of rotatable bonds is 4. The Morgan fingerprint density at radius 2 is 2.04 bits per heavy atom. The Morgan fingerprint density at radius 1 is 1.19 bits per heavy atom. The molecule has 1 unspecified atom stereocenters. The Bertz CT molecular complexity index is 720. The van der Waals surface area contributed by atoms with Gasteiger partial charge in [0.25, 0.3) is 0 Å². The van der Waals surface area contributed by atoms with Gasteiger partial charge in [0.15, 0.2) is 5.90 Å². The Kier molecular flexibility index (Phi) is 4.60. The number of aliphatic imine (C=N–C) groups is 1. The van der Waals surface area contributed by atoms with E-state index in [4.69, 9.17) is 14.2 Å². The number of hydrogen-bond donors (Lipinski definition) is 0. The summed E-state index contributed by atoms with van der Waals surface area (Å²) in [4.78, 5) is 7.08. The molecule has 1 saturated carbocycles. The third kappa shape index (κ3) is 3.59. The first-order valence-electron chi connectivity index (χ1n) is 10.6. The van der Waals surface area contributed by atoms with Crippen molar-refractivity contribution < 1.29 is 14.2 Å². The molecule has 5 heteroatoms. The van der Waals surface area contributed by atoms with E-state index in [9.17, 15) is 0 Å². The minimum atomic E-state index is -0.405. The van der Waals surface area contributed by atoms with Gasteiger partial charge in [-0.2, -0.15) is 0 Å². The van der Waals surface area contributed by atoms with E-state index in [0.717, 1.165) is 63.0 Å². The van der Waals surface area contributed by atoms with Gasteiger partial charge >= 0.3 is 0 Å². The predicted octanol–water partition coefficient (Wildman–Crippen LogP) is 3.69. The Labute approximate surface area is 161 Å². The van der Waals surface area contributed by atoms with E-state index in [0.29, 0.717) is 6.61 Å². The van der Waals surface area contributed by atoms with E-state index < -0.39 is 5.79 Å². The maximum Gasteiger partial charge on any atom is 0.213 e. The summed E-state index contributed by atoms with van der Waals surface area (Å²) in [5, 5.41) is 0. The second-order valence-corrected chi connectivity index (χ2v) is 8.53. The summed E-state index contributed by atoms with van der Waals surface area (Å²) in [7, 11) is 0. The van der Waals surface area contributed by atoms with E-state index in [1.165, 1.54) is 30.4 Å². The van der Waals surface area contributed by atoms with Gasteiger partial charge in [0, 0.05) is 44.0 Å². The van der Waals surface area contributed by atoms with Crippen LogP contribution in [0.25, 0.3) is 0 Å². The van der Waals surface area contributed by atoms with Gasteiger partial charge < -0.3 is 14.2 Å². The molecule has 0 N–H and O–H groups in total. The zero-order valence-electron chi connectivity index (χ0n) is 16.3. The lowest BCUT2D eigenvalue weighted by Crippen LogP contribution is -2.54. The number of nitrogens with zero attached hydrogens (tertiary/aromatic N) is 2. The molecule has 0 aromatic heterocycles. The molecule has 1 saturated heterocycles. The first kappa shape index (κ1) is 17.5. The molecule has 27 heavy (non-hydrogen) atoms. The standard InChI is InChI=1S/C22H30N2O3/c1-16-14-23-21(26-16)8-6-17-5-7-20-18(13-17)15-25-22(27-20)9-11-24(12-10-22)19-3-2-4-19/h5,7,13,16,19H,2-4,6,8-12,14-15H2,1H3. The lowest BCUT2D eigenvalue weighted by atomic mass is 9.89. The average Bonchev–Trinajstić information content (AvgIpc) is 3.06. The lowest BCUT2D eigenvalue weighted by Gasteiger charge is -2.47. The minimum Gasteiger partial charge on any atom is -0.476 e. The van der Waals surface area contributed by atoms with Gasteiger partial charge in [0.1, 0.15) is 11.9 Å². The number of likely N-dealkylation sites (tertiary alicyclic amines) is 1. The van der Waals surface area contributed by atoms with Crippen LogP contribution in [0.4, 0.5) is 0 Å². The van der Waals surface area contributed by atoms with Crippen LogP contribution >= 0.6 is 0 Å². The third-order valence-corrected chi connectivity index (χ3v) is 6.55. The summed E-state index contributed by atoms with van der Waals surface area (Å²) in [5.74, 6) is 1.49. The van der Waals surface area contributed by atoms with Crippen molar-refractivity contribution in [3.05, 3.63) is 29.3 Å². The van der Waals surface area contributed by atoms with Crippen LogP contribution in [0.1, 0.15) is 56.6 Å². The number of aryl methyl sites for hydroxylation is 1. The molecule has 1 aliphatic carbocycles. The van der Waals surface area contributed by atoms with Gasteiger partial charge in [0.05, 0.1) is 13.2 Å². The molecule has 1 atom stereocenters. The second kappa shape index (κ2) is 7.10. The van der Waals surface area contributed by atoms with E-state index in [2.05, 4.69) is 35.0 Å². The fraction of sp³-hybridized carbons (Fsp3) is 0.682. The Balaban J connectivity index is 1.19. The molecule has 2 fully saturated rings. The number of ether oxygens (including phenoxy) is 3. The second-order valence-electron chi connectivity index (χ2n) is 8.53. The highest BCUT2D eigenvalue weighted by Gasteiger charge is 2.42. The molecule has 0 amide bonds. The molecule has 3 aliphatic heterocycles. The topological polar surface area (TPSA) is 43.3 Å². The van der Waals surface area contributed by atoms with E-state index in [1.54, 1.807) is 0 Å². The van der Waals surface area contributed by atoms with Crippen molar-refractivity contribution in [2.24, 2.45) is 4.99 Å². The summed E-state index contributed by atoms with van der Waals surface area (Å²) < 4.78 is 18.4. The highest BCUT2D eigenvalue weighted by Crippen LogP contribution is 2.39. The van der Waals surface area contributed by atoms with Gasteiger partial charge in [-0.3, -0.25) is 9.89 Å². The quantitative estimate of drug-likeness (QED) is 0.811. The average molecular weight is 370 g/mol. The summed E-state index contributed by atoms with van der Waals surface area (Å²) in [5.41, 5.74) is 2.46. The molecule has 0 bridgehead atoms. The van der Waals surface area contributed by atoms with Crippen LogP contribution in [0.5, 0.6) is 5.75 Å². The number of fused-ring (bicyclic) bond motifs is 1. The monoisotopic (exact) mass is 370 g/mol. The van der Waals surface area contributed by atoms with Gasteiger partial charge in [-0.05, 0) is 43.9 Å². The van der Waals surface area contributed by atoms with Crippen LogP contribution in [-0.4, -0.2) is 48.4 Å². The lowest BCUT2D eigenvalue weighted by molar-refractivity contribution is -0.231. The maximum atomic E-state index is 6.39.